The second-order valence-corrected chi connectivity index (χ2v) is 6.62. The molecule has 0 atom stereocenters. The van der Waals surface area contributed by atoms with Crippen LogP contribution in [0.5, 0.6) is 0 Å². The number of benzene rings is 1. The smallest absolute Gasteiger partial charge is 0.263 e. The van der Waals surface area contributed by atoms with Gasteiger partial charge < -0.3 is 11.1 Å². The Hall–Kier alpha value is -1.86. The lowest BCUT2D eigenvalue weighted by Gasteiger charge is -2.02. The number of aryl methyl sites for hydroxylation is 1. The van der Waals surface area contributed by atoms with Crippen LogP contribution in [0.2, 0.25) is 0 Å². The zero-order valence-corrected chi connectivity index (χ0v) is 13.7. The van der Waals surface area contributed by atoms with Gasteiger partial charge in [0.2, 0.25) is 0 Å². The van der Waals surface area contributed by atoms with Crippen molar-refractivity contribution in [3.8, 4) is 0 Å². The van der Waals surface area contributed by atoms with Crippen LogP contribution in [-0.2, 0) is 13.6 Å². The molecule has 0 aliphatic heterocycles. The molecule has 108 valence electrons. The zero-order valence-electron chi connectivity index (χ0n) is 11.3. The minimum Gasteiger partial charge on any atom is -0.397 e. The topological polar surface area (TPSA) is 72.9 Å². The number of rotatable bonds is 3. The van der Waals surface area contributed by atoms with Gasteiger partial charge in [-0.25, -0.2) is 0 Å². The maximum Gasteiger partial charge on any atom is 0.263 e. The molecule has 0 fully saturated rings. The second kappa shape index (κ2) is 5.50. The number of aromatic nitrogens is 2. The number of carbonyl (C=O) groups is 1. The quantitative estimate of drug-likeness (QED) is 0.750. The summed E-state index contributed by atoms with van der Waals surface area (Å²) in [6.45, 7) is 0.386. The Kier molecular flexibility index (Phi) is 3.69. The van der Waals surface area contributed by atoms with Gasteiger partial charge in [0.25, 0.3) is 5.91 Å². The summed E-state index contributed by atoms with van der Waals surface area (Å²) in [5.74, 6) is -0.171. The van der Waals surface area contributed by atoms with Crippen LogP contribution in [-0.4, -0.2) is 15.7 Å². The van der Waals surface area contributed by atoms with E-state index in [2.05, 4.69) is 26.3 Å². The van der Waals surface area contributed by atoms with E-state index in [0.29, 0.717) is 17.1 Å². The minimum absolute atomic E-state index is 0.171. The van der Waals surface area contributed by atoms with Crippen LogP contribution < -0.4 is 11.1 Å². The first kappa shape index (κ1) is 14.1. The van der Waals surface area contributed by atoms with Gasteiger partial charge in [-0.05, 0) is 18.2 Å². The van der Waals surface area contributed by atoms with E-state index in [-0.39, 0.29) is 5.91 Å². The average molecular weight is 365 g/mol. The van der Waals surface area contributed by atoms with Crippen molar-refractivity contribution in [1.82, 2.24) is 15.1 Å². The molecule has 0 bridgehead atoms. The van der Waals surface area contributed by atoms with E-state index in [0.717, 1.165) is 20.3 Å². The number of amides is 1. The molecule has 21 heavy (non-hydrogen) atoms. The molecule has 0 aliphatic carbocycles. The third kappa shape index (κ3) is 2.79. The predicted octanol–water partition coefficient (Wildman–Crippen LogP) is 2.91. The third-order valence-corrected chi connectivity index (χ3v) is 4.76. The molecule has 0 unspecified atom stereocenters. The molecule has 0 saturated carbocycles. The van der Waals surface area contributed by atoms with E-state index in [9.17, 15) is 4.79 Å². The molecule has 2 aromatic heterocycles. The van der Waals surface area contributed by atoms with Crippen molar-refractivity contribution in [2.45, 2.75) is 6.54 Å². The molecule has 3 rings (SSSR count). The number of nitrogens with one attached hydrogen (secondary N) is 1. The highest BCUT2D eigenvalue weighted by Gasteiger charge is 2.16. The number of anilines is 1. The van der Waals surface area contributed by atoms with E-state index < -0.39 is 0 Å². The highest BCUT2D eigenvalue weighted by atomic mass is 79.9. The largest absolute Gasteiger partial charge is 0.397 e. The van der Waals surface area contributed by atoms with Crippen molar-refractivity contribution in [2.24, 2.45) is 7.05 Å². The average Bonchev–Trinajstić information content (AvgIpc) is 3.00. The molecule has 1 amide bonds. The Labute approximate surface area is 133 Å². The number of hydrogen-bond donors (Lipinski definition) is 2. The maximum atomic E-state index is 12.3. The first-order chi connectivity index (χ1) is 10.0. The van der Waals surface area contributed by atoms with Crippen LogP contribution >= 0.6 is 27.3 Å². The summed E-state index contributed by atoms with van der Waals surface area (Å²) >= 11 is 4.82. The molecule has 0 aliphatic rings. The molecule has 1 aromatic carbocycles. The zero-order chi connectivity index (χ0) is 15.0. The molecule has 3 aromatic rings. The summed E-state index contributed by atoms with van der Waals surface area (Å²) in [6.07, 6.45) is 1.84. The maximum absolute atomic E-state index is 12.3. The Morgan fingerprint density at radius 1 is 1.48 bits per heavy atom. The monoisotopic (exact) mass is 364 g/mol. The number of thiophene rings is 1. The van der Waals surface area contributed by atoms with Gasteiger partial charge in [0.15, 0.2) is 0 Å². The normalized spacial score (nSPS) is 11.0. The van der Waals surface area contributed by atoms with Crippen LogP contribution in [0.25, 0.3) is 10.1 Å². The fraction of sp³-hybridized carbons (Fsp3) is 0.143. The first-order valence-electron chi connectivity index (χ1n) is 6.29. The van der Waals surface area contributed by atoms with Crippen LogP contribution in [0.1, 0.15) is 15.4 Å². The molecule has 7 heteroatoms. The van der Waals surface area contributed by atoms with Crippen LogP contribution in [0.15, 0.2) is 34.9 Å². The highest BCUT2D eigenvalue weighted by Crippen LogP contribution is 2.35. The molecular weight excluding hydrogens is 352 g/mol. The van der Waals surface area contributed by atoms with Crippen molar-refractivity contribution in [3.63, 3.8) is 0 Å². The van der Waals surface area contributed by atoms with Gasteiger partial charge >= 0.3 is 0 Å². The van der Waals surface area contributed by atoms with Gasteiger partial charge in [0, 0.05) is 27.8 Å². The molecule has 0 saturated heterocycles. The summed E-state index contributed by atoms with van der Waals surface area (Å²) in [6, 6.07) is 7.67. The lowest BCUT2D eigenvalue weighted by Crippen LogP contribution is -2.23. The van der Waals surface area contributed by atoms with E-state index in [1.54, 1.807) is 4.68 Å². The number of hydrogen-bond acceptors (Lipinski definition) is 4. The Balaban J connectivity index is 1.82. The van der Waals surface area contributed by atoms with Crippen molar-refractivity contribution < 1.29 is 4.79 Å². The van der Waals surface area contributed by atoms with Crippen molar-refractivity contribution in [3.05, 3.63) is 45.5 Å². The SMILES string of the molecule is Cn1ccc(CNC(=O)c2sc3cc(Br)ccc3c2N)n1. The lowest BCUT2D eigenvalue weighted by molar-refractivity contribution is 0.0955. The standard InChI is InChI=1S/C14H13BrN4OS/c1-19-5-4-9(18-19)7-17-14(20)13-12(16)10-3-2-8(15)6-11(10)21-13/h2-6H,7,16H2,1H3,(H,17,20). The Morgan fingerprint density at radius 3 is 3.00 bits per heavy atom. The summed E-state index contributed by atoms with van der Waals surface area (Å²) in [4.78, 5) is 12.8. The highest BCUT2D eigenvalue weighted by molar-refractivity contribution is 9.10. The van der Waals surface area contributed by atoms with E-state index >= 15 is 0 Å². The third-order valence-electron chi connectivity index (χ3n) is 3.10. The van der Waals surface area contributed by atoms with Gasteiger partial charge in [0.05, 0.1) is 17.9 Å². The Bertz CT molecular complexity index is 824. The number of carbonyl (C=O) groups excluding carboxylic acids is 1. The first-order valence-corrected chi connectivity index (χ1v) is 7.90. The molecule has 0 spiro atoms. The van der Waals surface area contributed by atoms with Crippen molar-refractivity contribution in [2.75, 3.05) is 5.73 Å². The molecule has 3 N–H and O–H groups in total. The van der Waals surface area contributed by atoms with Crippen molar-refractivity contribution >= 4 is 48.9 Å². The van der Waals surface area contributed by atoms with Gasteiger partial charge in [-0.2, -0.15) is 5.10 Å². The number of fused-ring (bicyclic) bond motifs is 1. The lowest BCUT2D eigenvalue weighted by atomic mass is 10.2. The van der Waals surface area contributed by atoms with Gasteiger partial charge in [0.1, 0.15) is 4.88 Å². The number of nitrogens with zero attached hydrogens (tertiary/aromatic N) is 2. The predicted molar refractivity (Wildman–Crippen MR) is 88.3 cm³/mol. The molecule has 0 radical (unpaired) electrons. The number of halogens is 1. The van der Waals surface area contributed by atoms with Gasteiger partial charge in [-0.3, -0.25) is 9.48 Å². The second-order valence-electron chi connectivity index (χ2n) is 4.65. The van der Waals surface area contributed by atoms with Crippen LogP contribution in [0.3, 0.4) is 0 Å². The summed E-state index contributed by atoms with van der Waals surface area (Å²) in [7, 11) is 1.84. The Morgan fingerprint density at radius 2 is 2.29 bits per heavy atom. The van der Waals surface area contributed by atoms with Crippen LogP contribution in [0, 0.1) is 0 Å². The van der Waals surface area contributed by atoms with E-state index in [1.807, 2.05) is 37.5 Å². The van der Waals surface area contributed by atoms with Crippen molar-refractivity contribution in [1.29, 1.82) is 0 Å². The van der Waals surface area contributed by atoms with E-state index in [4.69, 9.17) is 5.73 Å². The van der Waals surface area contributed by atoms with Gasteiger partial charge in [-0.15, -0.1) is 11.3 Å². The minimum atomic E-state index is -0.171. The van der Waals surface area contributed by atoms with Gasteiger partial charge in [-0.1, -0.05) is 22.0 Å². The summed E-state index contributed by atoms with van der Waals surface area (Å²) in [5.41, 5.74) is 7.42. The number of nitrogen functional groups attached to an aromatic ring is 1. The summed E-state index contributed by atoms with van der Waals surface area (Å²) < 4.78 is 3.66. The fourth-order valence-corrected chi connectivity index (χ4v) is 3.66. The summed E-state index contributed by atoms with van der Waals surface area (Å²) in [5, 5.41) is 7.98. The molecule has 2 heterocycles. The van der Waals surface area contributed by atoms with Crippen LogP contribution in [0.4, 0.5) is 5.69 Å². The fourth-order valence-electron chi connectivity index (χ4n) is 2.07. The number of nitrogens with two attached hydrogens (primary N) is 1. The molecular formula is C14H13BrN4OS. The molecule has 5 nitrogen and oxygen atoms in total. The van der Waals surface area contributed by atoms with E-state index in [1.165, 1.54) is 11.3 Å².